The van der Waals surface area contributed by atoms with Gasteiger partial charge >= 0.3 is 0 Å². The molecule has 0 bridgehead atoms. The summed E-state index contributed by atoms with van der Waals surface area (Å²) >= 11 is 7.10. The Morgan fingerprint density at radius 3 is 3.00 bits per heavy atom. The monoisotopic (exact) mass is 291 g/mol. The third kappa shape index (κ3) is 2.34. The second kappa shape index (κ2) is 4.68. The highest BCUT2D eigenvalue weighted by Crippen LogP contribution is 2.23. The number of anilines is 1. The van der Waals surface area contributed by atoms with Crippen LogP contribution in [0, 0.1) is 6.92 Å². The molecule has 0 fully saturated rings. The zero-order chi connectivity index (χ0) is 13.4. The average molecular weight is 292 g/mol. The highest BCUT2D eigenvalue weighted by atomic mass is 35.5. The minimum atomic E-state index is -0.244. The summed E-state index contributed by atoms with van der Waals surface area (Å²) in [5.74, 6) is -0.244. The number of thiazole rings is 1. The second-order valence-corrected chi connectivity index (χ2v) is 5.89. The maximum atomic E-state index is 12.1. The first kappa shape index (κ1) is 12.2. The molecule has 0 aliphatic rings. The number of halogens is 1. The summed E-state index contributed by atoms with van der Waals surface area (Å²) in [7, 11) is 0. The molecular formula is C13H10ClN3OS. The van der Waals surface area contributed by atoms with Gasteiger partial charge in [0.2, 0.25) is 0 Å². The quantitative estimate of drug-likeness (QED) is 0.754. The standard InChI is InChI=1S/C13H10ClN3OS/c1-7-11(17-13(14)19-7)12(18)16-9-3-2-8-4-5-15-10(8)6-9/h2-6,15H,1H3,(H,16,18). The molecule has 19 heavy (non-hydrogen) atoms. The number of amides is 1. The van der Waals surface area contributed by atoms with Crippen molar-refractivity contribution in [2.45, 2.75) is 6.92 Å². The fourth-order valence-corrected chi connectivity index (χ4v) is 2.95. The van der Waals surface area contributed by atoms with Gasteiger partial charge in [0, 0.05) is 22.3 Å². The van der Waals surface area contributed by atoms with Crippen LogP contribution in [0.15, 0.2) is 30.5 Å². The molecule has 2 heterocycles. The van der Waals surface area contributed by atoms with Crippen LogP contribution in [-0.4, -0.2) is 15.9 Å². The smallest absolute Gasteiger partial charge is 0.275 e. The van der Waals surface area contributed by atoms with Gasteiger partial charge in [-0.1, -0.05) is 17.7 Å². The van der Waals surface area contributed by atoms with Crippen molar-refractivity contribution in [3.05, 3.63) is 45.5 Å². The fraction of sp³-hybridized carbons (Fsp3) is 0.0769. The van der Waals surface area contributed by atoms with Crippen LogP contribution >= 0.6 is 22.9 Å². The number of nitrogens with one attached hydrogen (secondary N) is 2. The highest BCUT2D eigenvalue weighted by Gasteiger charge is 2.14. The number of benzene rings is 1. The summed E-state index contributed by atoms with van der Waals surface area (Å²) in [5.41, 5.74) is 2.08. The minimum Gasteiger partial charge on any atom is -0.361 e. The lowest BCUT2D eigenvalue weighted by molar-refractivity contribution is 0.102. The molecule has 0 unspecified atom stereocenters. The van der Waals surface area contributed by atoms with Crippen molar-refractivity contribution >= 4 is 45.4 Å². The van der Waals surface area contributed by atoms with Gasteiger partial charge in [0.05, 0.1) is 0 Å². The first-order chi connectivity index (χ1) is 9.13. The van der Waals surface area contributed by atoms with E-state index < -0.39 is 0 Å². The molecule has 0 radical (unpaired) electrons. The number of carbonyl (C=O) groups excluding carboxylic acids is 1. The van der Waals surface area contributed by atoms with Crippen molar-refractivity contribution in [2.24, 2.45) is 0 Å². The maximum absolute atomic E-state index is 12.1. The van der Waals surface area contributed by atoms with Crippen LogP contribution in [0.2, 0.25) is 4.47 Å². The molecule has 96 valence electrons. The summed E-state index contributed by atoms with van der Waals surface area (Å²) in [6.45, 7) is 1.83. The van der Waals surface area contributed by atoms with E-state index in [4.69, 9.17) is 11.6 Å². The molecule has 0 aliphatic heterocycles. The minimum absolute atomic E-state index is 0.244. The van der Waals surface area contributed by atoms with Crippen molar-refractivity contribution in [3.8, 4) is 0 Å². The van der Waals surface area contributed by atoms with Gasteiger partial charge in [0.25, 0.3) is 5.91 Å². The van der Waals surface area contributed by atoms with Crippen molar-refractivity contribution < 1.29 is 4.79 Å². The third-order valence-corrected chi connectivity index (χ3v) is 3.87. The van der Waals surface area contributed by atoms with E-state index in [0.717, 1.165) is 21.5 Å². The Balaban J connectivity index is 1.88. The van der Waals surface area contributed by atoms with Gasteiger partial charge in [0.15, 0.2) is 4.47 Å². The molecule has 2 N–H and O–H groups in total. The van der Waals surface area contributed by atoms with E-state index in [9.17, 15) is 4.79 Å². The van der Waals surface area contributed by atoms with Crippen LogP contribution in [0.5, 0.6) is 0 Å². The molecule has 3 rings (SSSR count). The van der Waals surface area contributed by atoms with Crippen LogP contribution in [0.1, 0.15) is 15.4 Å². The molecule has 0 atom stereocenters. The van der Waals surface area contributed by atoms with Crippen molar-refractivity contribution in [1.29, 1.82) is 0 Å². The van der Waals surface area contributed by atoms with E-state index in [-0.39, 0.29) is 5.91 Å². The average Bonchev–Trinajstić information content (AvgIpc) is 2.94. The number of fused-ring (bicyclic) bond motifs is 1. The van der Waals surface area contributed by atoms with E-state index in [1.54, 1.807) is 0 Å². The van der Waals surface area contributed by atoms with E-state index in [2.05, 4.69) is 15.3 Å². The van der Waals surface area contributed by atoms with Crippen LogP contribution in [0.3, 0.4) is 0 Å². The van der Waals surface area contributed by atoms with Gasteiger partial charge in [0.1, 0.15) is 5.69 Å². The lowest BCUT2D eigenvalue weighted by Crippen LogP contribution is -2.13. The topological polar surface area (TPSA) is 57.8 Å². The number of carbonyl (C=O) groups is 1. The first-order valence-electron chi connectivity index (χ1n) is 5.65. The molecule has 0 spiro atoms. The van der Waals surface area contributed by atoms with Gasteiger partial charge in [-0.25, -0.2) is 4.98 Å². The summed E-state index contributed by atoms with van der Waals surface area (Å²) in [6, 6.07) is 7.67. The van der Waals surface area contributed by atoms with Crippen molar-refractivity contribution in [3.63, 3.8) is 0 Å². The number of aryl methyl sites for hydroxylation is 1. The number of aromatic amines is 1. The number of hydrogen-bond acceptors (Lipinski definition) is 3. The fourth-order valence-electron chi connectivity index (χ4n) is 1.89. The maximum Gasteiger partial charge on any atom is 0.275 e. The van der Waals surface area contributed by atoms with Gasteiger partial charge < -0.3 is 10.3 Å². The summed E-state index contributed by atoms with van der Waals surface area (Å²) in [6.07, 6.45) is 1.86. The molecule has 6 heteroatoms. The van der Waals surface area contributed by atoms with Crippen LogP contribution in [0.4, 0.5) is 5.69 Å². The number of hydrogen-bond donors (Lipinski definition) is 2. The molecule has 1 aromatic carbocycles. The molecule has 0 aliphatic carbocycles. The normalized spacial score (nSPS) is 10.8. The van der Waals surface area contributed by atoms with Crippen LogP contribution in [-0.2, 0) is 0 Å². The zero-order valence-electron chi connectivity index (χ0n) is 10.0. The Kier molecular flexibility index (Phi) is 3.00. The van der Waals surface area contributed by atoms with Gasteiger partial charge in [-0.2, -0.15) is 0 Å². The van der Waals surface area contributed by atoms with Crippen molar-refractivity contribution in [2.75, 3.05) is 5.32 Å². The SMILES string of the molecule is Cc1sc(Cl)nc1C(=O)Nc1ccc2cc[nH]c2c1. The Morgan fingerprint density at radius 1 is 1.42 bits per heavy atom. The van der Waals surface area contributed by atoms with E-state index >= 15 is 0 Å². The Hall–Kier alpha value is -1.85. The second-order valence-electron chi connectivity index (χ2n) is 4.11. The third-order valence-electron chi connectivity index (χ3n) is 2.80. The number of H-pyrrole nitrogens is 1. The summed E-state index contributed by atoms with van der Waals surface area (Å²) in [4.78, 5) is 20.0. The Bertz CT molecular complexity index is 762. The predicted octanol–water partition coefficient (Wildman–Crippen LogP) is 3.84. The van der Waals surface area contributed by atoms with Crippen molar-refractivity contribution in [1.82, 2.24) is 9.97 Å². The lowest BCUT2D eigenvalue weighted by Gasteiger charge is -2.04. The highest BCUT2D eigenvalue weighted by molar-refractivity contribution is 7.15. The number of nitrogens with zero attached hydrogens (tertiary/aromatic N) is 1. The Morgan fingerprint density at radius 2 is 2.26 bits per heavy atom. The van der Waals surface area contributed by atoms with Gasteiger partial charge in [-0.05, 0) is 30.5 Å². The van der Waals surface area contributed by atoms with Gasteiger partial charge in [-0.3, -0.25) is 4.79 Å². The predicted molar refractivity (Wildman–Crippen MR) is 78.1 cm³/mol. The van der Waals surface area contributed by atoms with Crippen LogP contribution < -0.4 is 5.32 Å². The zero-order valence-corrected chi connectivity index (χ0v) is 11.6. The molecule has 1 amide bonds. The molecular weight excluding hydrogens is 282 g/mol. The molecule has 0 saturated heterocycles. The lowest BCUT2D eigenvalue weighted by atomic mass is 10.2. The largest absolute Gasteiger partial charge is 0.361 e. The van der Waals surface area contributed by atoms with E-state index in [1.165, 1.54) is 11.3 Å². The number of rotatable bonds is 2. The molecule has 4 nitrogen and oxygen atoms in total. The number of aromatic nitrogens is 2. The molecule has 0 saturated carbocycles. The summed E-state index contributed by atoms with van der Waals surface area (Å²) < 4.78 is 0.377. The van der Waals surface area contributed by atoms with E-state index in [1.807, 2.05) is 37.4 Å². The first-order valence-corrected chi connectivity index (χ1v) is 6.84. The Labute approximate surface area is 118 Å². The molecule has 3 aromatic rings. The van der Waals surface area contributed by atoms with E-state index in [0.29, 0.717) is 10.2 Å². The van der Waals surface area contributed by atoms with Crippen LogP contribution in [0.25, 0.3) is 10.9 Å². The van der Waals surface area contributed by atoms with Gasteiger partial charge in [-0.15, -0.1) is 11.3 Å². The molecule has 2 aromatic heterocycles. The summed E-state index contributed by atoms with van der Waals surface area (Å²) in [5, 5.41) is 3.92.